The van der Waals surface area contributed by atoms with Crippen LogP contribution in [0.1, 0.15) is 0 Å². The molecule has 1 heterocycles. The molecule has 1 aliphatic rings. The number of ether oxygens (including phenoxy) is 1. The van der Waals surface area contributed by atoms with Gasteiger partial charge in [0.2, 0.25) is 0 Å². The first-order valence-corrected chi connectivity index (χ1v) is 4.77. The van der Waals surface area contributed by atoms with Crippen LogP contribution in [-0.2, 0) is 0 Å². The van der Waals surface area contributed by atoms with Gasteiger partial charge in [-0.05, 0) is 6.07 Å². The molecule has 0 bridgehead atoms. The summed E-state index contributed by atoms with van der Waals surface area (Å²) < 4.78 is 5.44. The van der Waals surface area contributed by atoms with Gasteiger partial charge in [0.25, 0.3) is 0 Å². The van der Waals surface area contributed by atoms with Crippen molar-refractivity contribution in [3.8, 4) is 5.75 Å². The Balaban J connectivity index is 2.52. The van der Waals surface area contributed by atoms with Gasteiger partial charge in [-0.3, -0.25) is 0 Å². The Morgan fingerprint density at radius 3 is 2.77 bits per heavy atom. The summed E-state index contributed by atoms with van der Waals surface area (Å²) in [4.78, 5) is 2.10. The number of rotatable bonds is 0. The number of anilines is 1. The maximum absolute atomic E-state index is 5.90. The molecule has 0 radical (unpaired) electrons. The van der Waals surface area contributed by atoms with E-state index in [2.05, 4.69) is 4.90 Å². The molecule has 0 amide bonds. The van der Waals surface area contributed by atoms with Crippen LogP contribution in [0.4, 0.5) is 5.69 Å². The molecule has 0 spiro atoms. The molecule has 0 atom stereocenters. The van der Waals surface area contributed by atoms with E-state index in [1.54, 1.807) is 6.07 Å². The molecule has 0 saturated heterocycles. The average molecular weight is 218 g/mol. The van der Waals surface area contributed by atoms with Crippen LogP contribution in [0.2, 0.25) is 10.0 Å². The molecule has 1 aliphatic heterocycles. The van der Waals surface area contributed by atoms with Gasteiger partial charge in [-0.15, -0.1) is 0 Å². The lowest BCUT2D eigenvalue weighted by atomic mass is 10.2. The summed E-state index contributed by atoms with van der Waals surface area (Å²) in [5, 5.41) is 1.11. The number of nitrogens with zero attached hydrogens (tertiary/aromatic N) is 1. The molecular formula is C9H9Cl2NO. The lowest BCUT2D eigenvalue weighted by molar-refractivity contribution is 0.311. The highest BCUT2D eigenvalue weighted by molar-refractivity contribution is 6.42. The monoisotopic (exact) mass is 217 g/mol. The minimum absolute atomic E-state index is 0.538. The van der Waals surface area contributed by atoms with Crippen LogP contribution in [0.15, 0.2) is 12.1 Å². The smallest absolute Gasteiger partial charge is 0.144 e. The van der Waals surface area contributed by atoms with E-state index in [0.717, 1.165) is 18.0 Å². The van der Waals surface area contributed by atoms with Crippen molar-refractivity contribution in [2.45, 2.75) is 0 Å². The summed E-state index contributed by atoms with van der Waals surface area (Å²) in [5.41, 5.74) is 1.00. The summed E-state index contributed by atoms with van der Waals surface area (Å²) in [6, 6.07) is 3.59. The fourth-order valence-electron chi connectivity index (χ4n) is 1.34. The fraction of sp³-hybridized carbons (Fsp3) is 0.333. The zero-order valence-corrected chi connectivity index (χ0v) is 8.69. The van der Waals surface area contributed by atoms with Gasteiger partial charge in [-0.1, -0.05) is 23.2 Å². The predicted molar refractivity (Wildman–Crippen MR) is 55.2 cm³/mol. The largest absolute Gasteiger partial charge is 0.490 e. The van der Waals surface area contributed by atoms with Crippen LogP contribution < -0.4 is 9.64 Å². The lowest BCUT2D eigenvalue weighted by Gasteiger charge is -2.27. The van der Waals surface area contributed by atoms with E-state index < -0.39 is 0 Å². The fourth-order valence-corrected chi connectivity index (χ4v) is 1.66. The van der Waals surface area contributed by atoms with Crippen LogP contribution in [0, 0.1) is 0 Å². The van der Waals surface area contributed by atoms with Gasteiger partial charge in [0.15, 0.2) is 0 Å². The Morgan fingerprint density at radius 2 is 2.00 bits per heavy atom. The van der Waals surface area contributed by atoms with Crippen molar-refractivity contribution < 1.29 is 4.74 Å². The number of likely N-dealkylation sites (N-methyl/N-ethyl adjacent to an activating group) is 1. The highest BCUT2D eigenvalue weighted by Gasteiger charge is 2.16. The highest BCUT2D eigenvalue weighted by atomic mass is 35.5. The lowest BCUT2D eigenvalue weighted by Crippen LogP contribution is -2.28. The highest BCUT2D eigenvalue weighted by Crippen LogP contribution is 2.37. The Hall–Kier alpha value is -0.600. The van der Waals surface area contributed by atoms with Gasteiger partial charge in [0.05, 0.1) is 22.3 Å². The van der Waals surface area contributed by atoms with Crippen molar-refractivity contribution in [2.24, 2.45) is 0 Å². The van der Waals surface area contributed by atoms with Crippen molar-refractivity contribution in [1.29, 1.82) is 0 Å². The summed E-state index contributed by atoms with van der Waals surface area (Å²) in [6.45, 7) is 1.58. The molecule has 1 aromatic rings. The molecular weight excluding hydrogens is 209 g/mol. The zero-order chi connectivity index (χ0) is 9.42. The third-order valence-electron chi connectivity index (χ3n) is 2.10. The van der Waals surface area contributed by atoms with Gasteiger partial charge in [0.1, 0.15) is 12.4 Å². The number of hydrogen-bond donors (Lipinski definition) is 0. The van der Waals surface area contributed by atoms with E-state index >= 15 is 0 Å². The van der Waals surface area contributed by atoms with Gasteiger partial charge in [-0.2, -0.15) is 0 Å². The molecule has 1 aromatic carbocycles. The van der Waals surface area contributed by atoms with E-state index in [4.69, 9.17) is 27.9 Å². The van der Waals surface area contributed by atoms with Crippen LogP contribution in [0.3, 0.4) is 0 Å². The van der Waals surface area contributed by atoms with Gasteiger partial charge < -0.3 is 9.64 Å². The molecule has 70 valence electrons. The molecule has 0 saturated carbocycles. The van der Waals surface area contributed by atoms with Gasteiger partial charge >= 0.3 is 0 Å². The van der Waals surface area contributed by atoms with Gasteiger partial charge in [-0.25, -0.2) is 0 Å². The van der Waals surface area contributed by atoms with Crippen molar-refractivity contribution in [1.82, 2.24) is 0 Å². The molecule has 2 nitrogen and oxygen atoms in total. The van der Waals surface area contributed by atoms with Crippen molar-refractivity contribution in [3.05, 3.63) is 22.2 Å². The third kappa shape index (κ3) is 1.56. The first-order valence-electron chi connectivity index (χ1n) is 4.01. The Labute approximate surface area is 87.0 Å². The Morgan fingerprint density at radius 1 is 1.31 bits per heavy atom. The second kappa shape index (κ2) is 3.28. The molecule has 0 aromatic heterocycles. The molecule has 0 fully saturated rings. The molecule has 0 N–H and O–H groups in total. The van der Waals surface area contributed by atoms with Crippen molar-refractivity contribution in [2.75, 3.05) is 25.1 Å². The third-order valence-corrected chi connectivity index (χ3v) is 2.82. The summed E-state index contributed by atoms with van der Waals surface area (Å²) in [6.07, 6.45) is 0. The Bertz CT molecular complexity index is 341. The first-order chi connectivity index (χ1) is 6.18. The maximum Gasteiger partial charge on any atom is 0.144 e. The van der Waals surface area contributed by atoms with E-state index in [1.807, 2.05) is 13.1 Å². The topological polar surface area (TPSA) is 12.5 Å². The average Bonchev–Trinajstić information content (AvgIpc) is 2.09. The second-order valence-corrected chi connectivity index (χ2v) is 3.82. The number of fused-ring (bicyclic) bond motifs is 1. The first kappa shape index (κ1) is 8.97. The number of benzene rings is 1. The Kier molecular flexibility index (Phi) is 2.26. The molecule has 13 heavy (non-hydrogen) atoms. The molecule has 4 heteroatoms. The van der Waals surface area contributed by atoms with Gasteiger partial charge in [0, 0.05) is 13.1 Å². The summed E-state index contributed by atoms with van der Waals surface area (Å²) >= 11 is 11.8. The van der Waals surface area contributed by atoms with E-state index in [0.29, 0.717) is 16.7 Å². The predicted octanol–water partition coefficient (Wildman–Crippen LogP) is 2.82. The summed E-state index contributed by atoms with van der Waals surface area (Å²) in [5.74, 6) is 0.808. The van der Waals surface area contributed by atoms with Crippen molar-refractivity contribution >= 4 is 28.9 Å². The number of hydrogen-bond acceptors (Lipinski definition) is 2. The number of halogens is 2. The van der Waals surface area contributed by atoms with E-state index in [9.17, 15) is 0 Å². The van der Waals surface area contributed by atoms with Crippen LogP contribution in [-0.4, -0.2) is 20.2 Å². The van der Waals surface area contributed by atoms with Crippen LogP contribution >= 0.6 is 23.2 Å². The maximum atomic E-state index is 5.90. The van der Waals surface area contributed by atoms with E-state index in [-0.39, 0.29) is 0 Å². The van der Waals surface area contributed by atoms with Crippen LogP contribution in [0.5, 0.6) is 5.75 Å². The molecule has 2 rings (SSSR count). The normalized spacial score (nSPS) is 15.2. The second-order valence-electron chi connectivity index (χ2n) is 3.00. The van der Waals surface area contributed by atoms with E-state index in [1.165, 1.54) is 0 Å². The minimum Gasteiger partial charge on any atom is -0.490 e. The summed E-state index contributed by atoms with van der Waals surface area (Å²) in [7, 11) is 2.01. The zero-order valence-electron chi connectivity index (χ0n) is 7.18. The minimum atomic E-state index is 0.538. The standard InChI is InChI=1S/C9H9Cl2NO/c1-12-2-3-13-9-5-7(11)6(10)4-8(9)12/h4-5H,2-3H2,1H3. The van der Waals surface area contributed by atoms with Crippen LogP contribution in [0.25, 0.3) is 0 Å². The SMILES string of the molecule is CN1CCOc2cc(Cl)c(Cl)cc21. The quantitative estimate of drug-likeness (QED) is 0.663. The van der Waals surface area contributed by atoms with Crippen molar-refractivity contribution in [3.63, 3.8) is 0 Å². The molecule has 0 unspecified atom stereocenters. The molecule has 0 aliphatic carbocycles.